The zero-order valence-electron chi connectivity index (χ0n) is 24.5. The first-order valence-electron chi connectivity index (χ1n) is 14.7. The van der Waals surface area contributed by atoms with Crippen LogP contribution in [0.4, 0.5) is 5.69 Å². The van der Waals surface area contributed by atoms with Gasteiger partial charge in [-0.3, -0.25) is 9.59 Å². The summed E-state index contributed by atoms with van der Waals surface area (Å²) in [7, 11) is 0. The van der Waals surface area contributed by atoms with Gasteiger partial charge in [0.15, 0.2) is 11.4 Å². The third kappa shape index (κ3) is 4.16. The Morgan fingerprint density at radius 2 is 1.81 bits per heavy atom. The third-order valence-corrected chi connectivity index (χ3v) is 10.0. The number of rotatable bonds is 8. The summed E-state index contributed by atoms with van der Waals surface area (Å²) in [5.74, 6) is -1.83. The van der Waals surface area contributed by atoms with Crippen LogP contribution < -0.4 is 10.2 Å². The molecular formula is C33H38N4O5. The average molecular weight is 571 g/mol. The van der Waals surface area contributed by atoms with Crippen LogP contribution in [0.25, 0.3) is 0 Å². The molecule has 1 aromatic heterocycles. The highest BCUT2D eigenvalue weighted by molar-refractivity contribution is 5.96. The molecule has 5 aliphatic heterocycles. The van der Waals surface area contributed by atoms with Crippen LogP contribution in [0, 0.1) is 18.8 Å². The Hall–Kier alpha value is -3.98. The van der Waals surface area contributed by atoms with Gasteiger partial charge in [-0.15, -0.1) is 0 Å². The molecule has 0 saturated carbocycles. The molecule has 2 aromatic rings. The summed E-state index contributed by atoms with van der Waals surface area (Å²) < 4.78 is 0. The van der Waals surface area contributed by atoms with Crippen LogP contribution in [-0.2, 0) is 15.6 Å². The second kappa shape index (κ2) is 10.1. The summed E-state index contributed by atoms with van der Waals surface area (Å²) in [5.41, 5.74) is 4.99. The number of carbonyl (C=O) groups is 2. The molecule has 2 unspecified atom stereocenters. The largest absolute Gasteiger partial charge is 0.504 e. The minimum atomic E-state index is -1.19. The van der Waals surface area contributed by atoms with Crippen molar-refractivity contribution < 1.29 is 24.9 Å². The highest BCUT2D eigenvalue weighted by Gasteiger charge is 2.56. The maximum Gasteiger partial charge on any atom is 0.322 e. The van der Waals surface area contributed by atoms with Crippen molar-refractivity contribution >= 4 is 17.6 Å². The number of hydrogen-bond donors (Lipinski definition) is 4. The van der Waals surface area contributed by atoms with Crippen molar-refractivity contribution in [1.29, 1.82) is 0 Å². The van der Waals surface area contributed by atoms with Gasteiger partial charge in [-0.25, -0.2) is 9.97 Å². The van der Waals surface area contributed by atoms with Crippen molar-refractivity contribution in [1.82, 2.24) is 15.3 Å². The number of carbonyl (C=O) groups excluding carboxylic acids is 1. The van der Waals surface area contributed by atoms with Gasteiger partial charge >= 0.3 is 5.97 Å². The molecule has 1 aromatic carbocycles. The van der Waals surface area contributed by atoms with Gasteiger partial charge in [-0.2, -0.15) is 0 Å². The first-order valence-corrected chi connectivity index (χ1v) is 14.7. The molecular weight excluding hydrogens is 532 g/mol. The standard InChI is InChI=1S/C33H38N4O5/c1-18(30-35-19(2)29(41)28(36-30)31(42)34-16-26(39)40)33(27-20-5-6-21(27)8-7-20)22-11-13-37(14-12-22)25-10-9-23(33)15-24(25)32(3,4)17-38/h5-10,15,18,22,27,38,41H,11-14,16-17H2,1-4H3,(H,34,42)(H,39,40). The number of aliphatic carboxylic acids is 1. The van der Waals surface area contributed by atoms with E-state index in [1.807, 2.05) is 0 Å². The summed E-state index contributed by atoms with van der Waals surface area (Å²) in [5, 5.41) is 32.7. The summed E-state index contributed by atoms with van der Waals surface area (Å²) >= 11 is 0. The van der Waals surface area contributed by atoms with Gasteiger partial charge in [0, 0.05) is 41.4 Å². The molecule has 1 amide bonds. The third-order valence-electron chi connectivity index (χ3n) is 10.0. The van der Waals surface area contributed by atoms with E-state index in [2.05, 4.69) is 78.5 Å². The van der Waals surface area contributed by atoms with Crippen LogP contribution in [0.3, 0.4) is 0 Å². The number of hydrogen-bond acceptors (Lipinski definition) is 7. The Morgan fingerprint density at radius 3 is 2.40 bits per heavy atom. The van der Waals surface area contributed by atoms with E-state index in [1.54, 1.807) is 6.92 Å². The molecule has 0 spiro atoms. The first kappa shape index (κ1) is 28.2. The van der Waals surface area contributed by atoms with Gasteiger partial charge in [-0.1, -0.05) is 57.2 Å². The smallest absolute Gasteiger partial charge is 0.322 e. The van der Waals surface area contributed by atoms with Crippen molar-refractivity contribution in [2.45, 2.75) is 57.3 Å². The fourth-order valence-corrected chi connectivity index (χ4v) is 7.82. The first-order chi connectivity index (χ1) is 20.0. The van der Waals surface area contributed by atoms with Crippen molar-refractivity contribution in [3.63, 3.8) is 0 Å². The molecule has 220 valence electrons. The predicted octanol–water partition coefficient (Wildman–Crippen LogP) is 3.90. The summed E-state index contributed by atoms with van der Waals surface area (Å²) in [6.07, 6.45) is 10.7. The number of anilines is 1. The molecule has 4 N–H and O–H groups in total. The lowest BCUT2D eigenvalue weighted by atomic mass is 9.52. The van der Waals surface area contributed by atoms with Gasteiger partial charge < -0.3 is 25.5 Å². The Labute approximate surface area is 245 Å². The van der Waals surface area contributed by atoms with Gasteiger partial charge in [0.25, 0.3) is 5.91 Å². The number of carboxylic acids is 1. The quantitative estimate of drug-likeness (QED) is 0.375. The molecule has 1 fully saturated rings. The number of benzene rings is 1. The molecule has 6 bridgehead atoms. The Morgan fingerprint density at radius 1 is 1.14 bits per heavy atom. The van der Waals surface area contributed by atoms with Crippen molar-refractivity contribution in [2.75, 3.05) is 31.1 Å². The Bertz CT molecular complexity index is 1540. The van der Waals surface area contributed by atoms with Crippen molar-refractivity contribution in [3.8, 4) is 5.75 Å². The molecule has 9 nitrogen and oxygen atoms in total. The van der Waals surface area contributed by atoms with Gasteiger partial charge in [0.2, 0.25) is 0 Å². The van der Waals surface area contributed by atoms with Gasteiger partial charge in [0.1, 0.15) is 12.4 Å². The maximum atomic E-state index is 13.0. The number of amides is 1. The number of aliphatic hydroxyl groups excluding tert-OH is 1. The van der Waals surface area contributed by atoms with Crippen LogP contribution in [0.15, 0.2) is 53.6 Å². The predicted molar refractivity (Wildman–Crippen MR) is 159 cm³/mol. The molecule has 9 heteroatoms. The second-order valence-corrected chi connectivity index (χ2v) is 12.7. The second-order valence-electron chi connectivity index (χ2n) is 12.7. The summed E-state index contributed by atoms with van der Waals surface area (Å²) in [6.45, 7) is 9.12. The Kier molecular flexibility index (Phi) is 6.76. The van der Waals surface area contributed by atoms with E-state index in [-0.39, 0.29) is 41.5 Å². The molecule has 9 rings (SSSR count). The van der Waals surface area contributed by atoms with Crippen LogP contribution in [0.1, 0.15) is 72.7 Å². The van der Waals surface area contributed by atoms with E-state index in [1.165, 1.54) is 16.8 Å². The average Bonchev–Trinajstić information content (AvgIpc) is 3.62. The lowest BCUT2D eigenvalue weighted by Crippen LogP contribution is -2.50. The number of aromatic hydroxyl groups is 1. The monoisotopic (exact) mass is 570 g/mol. The maximum absolute atomic E-state index is 13.0. The summed E-state index contributed by atoms with van der Waals surface area (Å²) in [6, 6.07) is 6.72. The highest BCUT2D eigenvalue weighted by atomic mass is 16.4. The number of nitrogens with zero attached hydrogens (tertiary/aromatic N) is 3. The van der Waals surface area contributed by atoms with E-state index in [0.717, 1.165) is 37.1 Å². The molecule has 0 radical (unpaired) electrons. The van der Waals surface area contributed by atoms with Crippen LogP contribution in [0.5, 0.6) is 5.75 Å². The van der Waals surface area contributed by atoms with Crippen LogP contribution in [-0.4, -0.2) is 63.4 Å². The lowest BCUT2D eigenvalue weighted by Gasteiger charge is -2.51. The fourth-order valence-electron chi connectivity index (χ4n) is 7.82. The zero-order chi connectivity index (χ0) is 30.0. The van der Waals surface area contributed by atoms with Crippen molar-refractivity contribution in [3.05, 3.63) is 82.0 Å². The van der Waals surface area contributed by atoms with E-state index >= 15 is 0 Å². The molecule has 7 aliphatic rings. The number of fused-ring (bicyclic) bond motifs is 2. The number of carboxylic acid groups (broad SMARTS) is 1. The minimum absolute atomic E-state index is 0.0135. The van der Waals surface area contributed by atoms with Gasteiger partial charge in [0.05, 0.1) is 12.3 Å². The molecule has 2 aliphatic carbocycles. The van der Waals surface area contributed by atoms with Gasteiger partial charge in [-0.05, 0) is 54.0 Å². The number of aromatic nitrogens is 2. The van der Waals surface area contributed by atoms with Crippen LogP contribution >= 0.6 is 0 Å². The Balaban J connectivity index is 1.59. The number of aryl methyl sites for hydroxylation is 1. The number of nitrogens with one attached hydrogen (secondary N) is 1. The van der Waals surface area contributed by atoms with E-state index in [4.69, 9.17) is 10.1 Å². The minimum Gasteiger partial charge on any atom is -0.504 e. The van der Waals surface area contributed by atoms with Crippen LogP contribution in [0.2, 0.25) is 0 Å². The molecule has 1 saturated heterocycles. The molecule has 6 heterocycles. The van der Waals surface area contributed by atoms with E-state index < -0.39 is 29.3 Å². The fraction of sp³-hybridized carbons (Fsp3) is 0.455. The number of piperidine rings is 1. The normalized spacial score (nSPS) is 23.4. The topological polar surface area (TPSA) is 136 Å². The molecule has 42 heavy (non-hydrogen) atoms. The zero-order valence-corrected chi connectivity index (χ0v) is 24.5. The van der Waals surface area contributed by atoms with Crippen molar-refractivity contribution in [2.24, 2.45) is 11.8 Å². The number of aliphatic hydroxyl groups is 1. The lowest BCUT2D eigenvalue weighted by molar-refractivity contribution is -0.135. The highest BCUT2D eigenvalue weighted by Crippen LogP contribution is 2.61. The summed E-state index contributed by atoms with van der Waals surface area (Å²) in [4.78, 5) is 36.0. The number of allylic oxidation sites excluding steroid dienone is 6. The van der Waals surface area contributed by atoms with E-state index in [0.29, 0.717) is 5.82 Å². The SMILES string of the molecule is Cc1nc(C(C)C2(C3C4=CC=C3C=C4)c3ccc(c(C(C)(C)CO)c3)N3CCC2CC3)nc(C(=O)NCC(=O)O)c1O. The molecule has 2 atom stereocenters. The van der Waals surface area contributed by atoms with E-state index in [9.17, 15) is 19.8 Å².